The van der Waals surface area contributed by atoms with E-state index in [0.29, 0.717) is 6.54 Å². The van der Waals surface area contributed by atoms with Gasteiger partial charge in [0.2, 0.25) is 5.91 Å². The van der Waals surface area contributed by atoms with Crippen LogP contribution >= 0.6 is 0 Å². The molecule has 0 saturated carbocycles. The number of hydrogen-bond acceptors (Lipinski definition) is 3. The summed E-state index contributed by atoms with van der Waals surface area (Å²) < 4.78 is 5.81. The molecule has 2 aromatic carbocycles. The summed E-state index contributed by atoms with van der Waals surface area (Å²) in [6.45, 7) is 6.90. The molecule has 4 nitrogen and oxygen atoms in total. The number of carbonyl (C=O) groups excluding carboxylic acids is 1. The van der Waals surface area contributed by atoms with Gasteiger partial charge in [0.1, 0.15) is 17.5 Å². The van der Waals surface area contributed by atoms with Crippen molar-refractivity contribution in [3.05, 3.63) is 65.2 Å². The number of carbonyl (C=O) groups is 1. The number of amides is 1. The molecular weight excluding hydrogens is 336 g/mol. The Bertz CT molecular complexity index is 978. The quantitative estimate of drug-likeness (QED) is 0.889. The van der Waals surface area contributed by atoms with Gasteiger partial charge in [0, 0.05) is 17.5 Å². The Kier molecular flexibility index (Phi) is 3.27. The topological polar surface area (TPSA) is 41.6 Å². The molecule has 1 saturated heterocycles. The number of ether oxygens (including phenoxy) is 1. The van der Waals surface area contributed by atoms with Gasteiger partial charge >= 0.3 is 0 Å². The van der Waals surface area contributed by atoms with E-state index >= 15 is 0 Å². The van der Waals surface area contributed by atoms with Crippen molar-refractivity contribution in [1.82, 2.24) is 5.32 Å². The smallest absolute Gasteiger partial charge is 0.241 e. The molecule has 0 aromatic heterocycles. The maximum atomic E-state index is 12.4. The average molecular weight is 360 g/mol. The van der Waals surface area contributed by atoms with Crippen LogP contribution in [0.3, 0.4) is 0 Å². The molecular formula is C23H24N2O2. The number of anilines is 1. The molecule has 1 fully saturated rings. The van der Waals surface area contributed by atoms with Crippen LogP contribution in [0.1, 0.15) is 37.5 Å². The average Bonchev–Trinajstić information content (AvgIpc) is 3.23. The van der Waals surface area contributed by atoms with Crippen LogP contribution in [0.5, 0.6) is 5.75 Å². The van der Waals surface area contributed by atoms with Crippen LogP contribution in [-0.4, -0.2) is 24.2 Å². The van der Waals surface area contributed by atoms with E-state index < -0.39 is 5.66 Å². The van der Waals surface area contributed by atoms with E-state index in [0.717, 1.165) is 23.4 Å². The summed E-state index contributed by atoms with van der Waals surface area (Å²) in [5.41, 5.74) is 4.02. The van der Waals surface area contributed by atoms with Gasteiger partial charge in [0.05, 0.1) is 6.54 Å². The van der Waals surface area contributed by atoms with Gasteiger partial charge in [0.25, 0.3) is 0 Å². The van der Waals surface area contributed by atoms with Crippen LogP contribution in [0.4, 0.5) is 5.69 Å². The Labute approximate surface area is 159 Å². The fourth-order valence-electron chi connectivity index (χ4n) is 4.90. The van der Waals surface area contributed by atoms with Crippen molar-refractivity contribution < 1.29 is 9.53 Å². The predicted molar refractivity (Wildman–Crippen MR) is 107 cm³/mol. The SMILES string of the molecule is C[C@@H]1Cc2cc(C=C[C@]34NC(=O)CN3c3ccccc3C4(C)C)ccc2O1. The molecule has 27 heavy (non-hydrogen) atoms. The summed E-state index contributed by atoms with van der Waals surface area (Å²) in [4.78, 5) is 14.6. The number of para-hydroxylation sites is 1. The first-order chi connectivity index (χ1) is 12.9. The molecule has 3 aliphatic heterocycles. The Hall–Kier alpha value is -2.75. The van der Waals surface area contributed by atoms with Gasteiger partial charge < -0.3 is 15.0 Å². The predicted octanol–water partition coefficient (Wildman–Crippen LogP) is 3.65. The van der Waals surface area contributed by atoms with Crippen LogP contribution < -0.4 is 15.0 Å². The molecule has 0 bridgehead atoms. The number of hydrogen-bond donors (Lipinski definition) is 1. The molecule has 0 unspecified atom stereocenters. The normalized spacial score (nSPS) is 27.3. The zero-order chi connectivity index (χ0) is 18.8. The second-order valence-electron chi connectivity index (χ2n) is 8.38. The van der Waals surface area contributed by atoms with E-state index in [1.807, 2.05) is 6.07 Å². The van der Waals surface area contributed by atoms with Gasteiger partial charge in [-0.25, -0.2) is 0 Å². The molecule has 2 atom stereocenters. The lowest BCUT2D eigenvalue weighted by atomic mass is 9.75. The van der Waals surface area contributed by atoms with E-state index in [1.54, 1.807) is 0 Å². The summed E-state index contributed by atoms with van der Waals surface area (Å²) in [7, 11) is 0. The molecule has 138 valence electrons. The first-order valence-electron chi connectivity index (χ1n) is 9.58. The number of nitrogens with zero attached hydrogens (tertiary/aromatic N) is 1. The Morgan fingerprint density at radius 2 is 2.04 bits per heavy atom. The molecule has 0 spiro atoms. The lowest BCUT2D eigenvalue weighted by molar-refractivity contribution is -0.118. The molecule has 1 amide bonds. The summed E-state index contributed by atoms with van der Waals surface area (Å²) in [6.07, 6.45) is 5.49. The molecule has 3 heterocycles. The zero-order valence-electron chi connectivity index (χ0n) is 16.0. The van der Waals surface area contributed by atoms with Crippen molar-refractivity contribution in [2.45, 2.75) is 44.4 Å². The third-order valence-corrected chi connectivity index (χ3v) is 6.32. The summed E-state index contributed by atoms with van der Waals surface area (Å²) in [5, 5.41) is 3.27. The first kappa shape index (κ1) is 16.4. The van der Waals surface area contributed by atoms with E-state index in [9.17, 15) is 4.79 Å². The third kappa shape index (κ3) is 2.19. The zero-order valence-corrected chi connectivity index (χ0v) is 16.0. The fourth-order valence-corrected chi connectivity index (χ4v) is 4.90. The van der Waals surface area contributed by atoms with Crippen molar-refractivity contribution in [3.8, 4) is 5.75 Å². The van der Waals surface area contributed by atoms with E-state index in [2.05, 4.69) is 79.5 Å². The largest absolute Gasteiger partial charge is 0.490 e. The van der Waals surface area contributed by atoms with Crippen LogP contribution in [0.25, 0.3) is 6.08 Å². The van der Waals surface area contributed by atoms with Crippen molar-refractivity contribution in [1.29, 1.82) is 0 Å². The van der Waals surface area contributed by atoms with Gasteiger partial charge in [-0.05, 0) is 47.9 Å². The summed E-state index contributed by atoms with van der Waals surface area (Å²) in [6, 6.07) is 14.7. The maximum Gasteiger partial charge on any atom is 0.241 e. The van der Waals surface area contributed by atoms with Crippen LogP contribution in [0.15, 0.2) is 48.5 Å². The Balaban J connectivity index is 1.57. The van der Waals surface area contributed by atoms with E-state index in [-0.39, 0.29) is 17.4 Å². The standard InChI is InChI=1S/C23H24N2O2/c1-15-12-17-13-16(8-9-20(17)27-15)10-11-23-22(2,3)18-6-4-5-7-19(18)25(23)14-21(26)24-23/h4-11,13,15H,12,14H2,1-3H3,(H,24,26)/t15-,23+/m1/s1. The van der Waals surface area contributed by atoms with Crippen LogP contribution in [0.2, 0.25) is 0 Å². The van der Waals surface area contributed by atoms with Gasteiger partial charge in [-0.15, -0.1) is 0 Å². The van der Waals surface area contributed by atoms with Crippen LogP contribution in [0, 0.1) is 0 Å². The summed E-state index contributed by atoms with van der Waals surface area (Å²) >= 11 is 0. The molecule has 3 aliphatic rings. The minimum atomic E-state index is -0.545. The summed E-state index contributed by atoms with van der Waals surface area (Å²) in [5.74, 6) is 1.06. The Morgan fingerprint density at radius 1 is 1.22 bits per heavy atom. The lowest BCUT2D eigenvalue weighted by Crippen LogP contribution is -2.58. The minimum absolute atomic E-state index is 0.0680. The minimum Gasteiger partial charge on any atom is -0.490 e. The highest BCUT2D eigenvalue weighted by Gasteiger charge is 2.59. The molecule has 5 rings (SSSR count). The second-order valence-corrected chi connectivity index (χ2v) is 8.38. The van der Waals surface area contributed by atoms with Crippen molar-refractivity contribution >= 4 is 17.7 Å². The Morgan fingerprint density at radius 3 is 2.89 bits per heavy atom. The van der Waals surface area contributed by atoms with Gasteiger partial charge in [-0.2, -0.15) is 0 Å². The van der Waals surface area contributed by atoms with Gasteiger partial charge in [-0.1, -0.05) is 44.2 Å². The third-order valence-electron chi connectivity index (χ3n) is 6.32. The van der Waals surface area contributed by atoms with Crippen LogP contribution in [-0.2, 0) is 16.6 Å². The van der Waals surface area contributed by atoms with Gasteiger partial charge in [-0.3, -0.25) is 4.79 Å². The number of nitrogens with one attached hydrogen (secondary N) is 1. The highest BCUT2D eigenvalue weighted by Crippen LogP contribution is 2.52. The molecule has 1 N–H and O–H groups in total. The molecule has 0 radical (unpaired) electrons. The highest BCUT2D eigenvalue weighted by atomic mass is 16.5. The molecule has 2 aromatic rings. The number of rotatable bonds is 2. The monoisotopic (exact) mass is 360 g/mol. The number of benzene rings is 2. The second kappa shape index (κ2) is 5.38. The van der Waals surface area contributed by atoms with Gasteiger partial charge in [0.15, 0.2) is 0 Å². The maximum absolute atomic E-state index is 12.4. The van der Waals surface area contributed by atoms with E-state index in [1.165, 1.54) is 11.1 Å². The molecule has 0 aliphatic carbocycles. The lowest BCUT2D eigenvalue weighted by Gasteiger charge is -2.40. The van der Waals surface area contributed by atoms with Crippen molar-refractivity contribution in [3.63, 3.8) is 0 Å². The number of fused-ring (bicyclic) bond motifs is 4. The van der Waals surface area contributed by atoms with Crippen molar-refractivity contribution in [2.75, 3.05) is 11.4 Å². The highest BCUT2D eigenvalue weighted by molar-refractivity contribution is 5.91. The van der Waals surface area contributed by atoms with Crippen molar-refractivity contribution in [2.24, 2.45) is 0 Å². The molecule has 4 heteroatoms. The first-order valence-corrected chi connectivity index (χ1v) is 9.58. The van der Waals surface area contributed by atoms with E-state index in [4.69, 9.17) is 4.74 Å². The fraction of sp³-hybridized carbons (Fsp3) is 0.348.